The van der Waals surface area contributed by atoms with E-state index in [1.807, 2.05) is 0 Å². The van der Waals surface area contributed by atoms with Crippen molar-refractivity contribution in [3.63, 3.8) is 0 Å². The summed E-state index contributed by atoms with van der Waals surface area (Å²) in [5.41, 5.74) is 0. The molecule has 1 atom stereocenters. The van der Waals surface area contributed by atoms with E-state index in [4.69, 9.17) is 0 Å². The van der Waals surface area contributed by atoms with Crippen LogP contribution in [0.1, 0.15) is 0 Å². The Balaban J connectivity index is 0. The van der Waals surface area contributed by atoms with Crippen LogP contribution in [-0.2, 0) is 33.6 Å². The summed E-state index contributed by atoms with van der Waals surface area (Å²) >= 11 is 0. The van der Waals surface area contributed by atoms with Gasteiger partial charge in [0.2, 0.25) is 0 Å². The van der Waals surface area contributed by atoms with Crippen molar-refractivity contribution in [3.05, 3.63) is 0 Å². The Kier molecular flexibility index (Phi) is 328. The van der Waals surface area contributed by atoms with Crippen molar-refractivity contribution in [1.82, 2.24) is 0 Å². The molecule has 5 heavy (non-hydrogen) atoms. The van der Waals surface area contributed by atoms with Crippen molar-refractivity contribution in [2.75, 3.05) is 0 Å². The second kappa shape index (κ2) is 31.8. The number of hydrogen-bond donors (Lipinski definition) is 0. The molecule has 0 aromatic heterocycles. The van der Waals surface area contributed by atoms with Crippen LogP contribution in [-0.4, -0.2) is 34.9 Å². The van der Waals surface area contributed by atoms with Crippen LogP contribution < -0.4 is 0 Å². The topological polar surface area (TPSA) is 0 Å². The summed E-state index contributed by atoms with van der Waals surface area (Å²) in [5.74, 6) is 0. The Morgan fingerprint density at radius 2 is 1.00 bits per heavy atom. The Labute approximate surface area is 77.6 Å². The fourth-order valence-electron chi connectivity index (χ4n) is 0. The van der Waals surface area contributed by atoms with E-state index in [2.05, 4.69) is 0 Å². The van der Waals surface area contributed by atoms with Crippen molar-refractivity contribution in [2.45, 2.75) is 0 Å². The van der Waals surface area contributed by atoms with Crippen LogP contribution in [0.3, 0.4) is 0 Å². The van der Waals surface area contributed by atoms with Crippen molar-refractivity contribution in [3.8, 4) is 0 Å². The molecule has 0 aromatic rings. The first-order chi connectivity index (χ1) is 0. The van der Waals surface area contributed by atoms with Crippen molar-refractivity contribution < 1.29 is 33.6 Å². The minimum absolute atomic E-state index is 0. The van der Waals surface area contributed by atoms with Gasteiger partial charge in [0, 0.05) is 33.6 Å². The fourth-order valence-corrected chi connectivity index (χ4v) is 0. The molecule has 0 fully saturated rings. The monoisotopic (exact) mass is 309 g/mol. The molecule has 0 aliphatic carbocycles. The standard InChI is InChI=1S/Cu.Ni.H3P.H4Si.Sn.2H/h;;1H3;1H4;;;. The minimum atomic E-state index is 0. The van der Waals surface area contributed by atoms with Gasteiger partial charge in [-0.1, -0.05) is 0 Å². The molecule has 1 unspecified atom stereocenters. The van der Waals surface area contributed by atoms with Gasteiger partial charge in [-0.25, -0.2) is 0 Å². The summed E-state index contributed by atoms with van der Waals surface area (Å²) in [7, 11) is 0. The second-order valence-electron chi connectivity index (χ2n) is 0. The molecule has 0 amide bonds. The molecule has 0 nitrogen and oxygen atoms in total. The molecule has 0 heterocycles. The summed E-state index contributed by atoms with van der Waals surface area (Å²) < 4.78 is 0. The Hall–Kier alpha value is 2.46. The van der Waals surface area contributed by atoms with Crippen LogP contribution in [0.25, 0.3) is 0 Å². The Morgan fingerprint density at radius 1 is 1.00 bits per heavy atom. The molecule has 0 rings (SSSR count). The summed E-state index contributed by atoms with van der Waals surface area (Å²) in [6.07, 6.45) is 0. The van der Waals surface area contributed by atoms with Crippen molar-refractivity contribution in [2.24, 2.45) is 0 Å². The molecule has 0 spiro atoms. The molecule has 3 radical (unpaired) electrons. The van der Waals surface area contributed by atoms with Gasteiger partial charge in [-0.3, -0.25) is 0 Å². The predicted molar refractivity (Wildman–Crippen MR) is 31.0 cm³/mol. The van der Waals surface area contributed by atoms with Crippen LogP contribution in [0.4, 0.5) is 0 Å². The van der Waals surface area contributed by atoms with Crippen LogP contribution in [0.15, 0.2) is 0 Å². The quantitative estimate of drug-likeness (QED) is 0.348. The molecule has 0 bridgehead atoms. The van der Waals surface area contributed by atoms with E-state index in [9.17, 15) is 0 Å². The van der Waals surface area contributed by atoms with E-state index in [0.717, 1.165) is 0 Å². The average Bonchev–Trinajstić information content (AvgIpc) is 0. The van der Waals surface area contributed by atoms with E-state index in [-0.39, 0.29) is 78.3 Å². The molecular formula is H9CuNiPSiSn. The zero-order chi connectivity index (χ0) is 0. The van der Waals surface area contributed by atoms with Gasteiger partial charge < -0.3 is 0 Å². The van der Waals surface area contributed by atoms with Gasteiger partial charge >= 0.3 is 23.9 Å². The molecule has 0 aromatic carbocycles. The van der Waals surface area contributed by atoms with Gasteiger partial charge in [0.05, 0.1) is 0 Å². The van der Waals surface area contributed by atoms with E-state index in [1.54, 1.807) is 0 Å². The second-order valence-corrected chi connectivity index (χ2v) is 0. The van der Waals surface area contributed by atoms with Crippen LogP contribution in [0.5, 0.6) is 0 Å². The van der Waals surface area contributed by atoms with Gasteiger partial charge in [0.25, 0.3) is 0 Å². The maximum atomic E-state index is 0. The van der Waals surface area contributed by atoms with E-state index in [0.29, 0.717) is 0 Å². The summed E-state index contributed by atoms with van der Waals surface area (Å²) in [4.78, 5) is 0. The molecule has 0 saturated carbocycles. The molecule has 0 saturated heterocycles. The summed E-state index contributed by atoms with van der Waals surface area (Å²) in [5, 5.41) is 0. The van der Waals surface area contributed by atoms with E-state index < -0.39 is 0 Å². The van der Waals surface area contributed by atoms with Gasteiger partial charge in [0.1, 0.15) is 0 Å². The van der Waals surface area contributed by atoms with Gasteiger partial charge in [0.15, 0.2) is 0 Å². The molecule has 43 valence electrons. The third-order valence-electron chi connectivity index (χ3n) is 0. The molecule has 0 N–H and O–H groups in total. The molecule has 5 heteroatoms. The SMILES string of the molecule is P.[Cu].[Ni].[SiH4].[SnH2]. The van der Waals surface area contributed by atoms with Crippen LogP contribution >= 0.6 is 9.90 Å². The average molecular weight is 309 g/mol. The van der Waals surface area contributed by atoms with Crippen LogP contribution in [0.2, 0.25) is 0 Å². The zero-order valence-corrected chi connectivity index (χ0v) is 9.41. The summed E-state index contributed by atoms with van der Waals surface area (Å²) in [6, 6.07) is 0. The third kappa shape index (κ3) is 21.2. The fraction of sp³-hybridized carbons (Fsp3) is 0. The number of rotatable bonds is 0. The van der Waals surface area contributed by atoms with Crippen molar-refractivity contribution in [1.29, 1.82) is 0 Å². The normalized spacial score (nSPS) is 0. The zero-order valence-electron chi connectivity index (χ0n) is 2.03. The van der Waals surface area contributed by atoms with E-state index >= 15 is 0 Å². The first-order valence-corrected chi connectivity index (χ1v) is 0. The van der Waals surface area contributed by atoms with Gasteiger partial charge in [-0.05, 0) is 11.0 Å². The Bertz CT molecular complexity index is 11.6. The van der Waals surface area contributed by atoms with Crippen molar-refractivity contribution >= 4 is 44.8 Å². The molecular weight excluding hydrogens is 300 g/mol. The molecule has 0 aliphatic rings. The predicted octanol–water partition coefficient (Wildman–Crippen LogP) is -2.31. The summed E-state index contributed by atoms with van der Waals surface area (Å²) in [6.45, 7) is 0. The maximum absolute atomic E-state index is 0. The first-order valence-electron chi connectivity index (χ1n) is 0. The first kappa shape index (κ1) is 51.5. The van der Waals surface area contributed by atoms with Crippen LogP contribution in [0, 0.1) is 0 Å². The third-order valence-corrected chi connectivity index (χ3v) is 0. The van der Waals surface area contributed by atoms with E-state index in [1.165, 1.54) is 0 Å². The number of hydrogen-bond acceptors (Lipinski definition) is 0. The van der Waals surface area contributed by atoms with Gasteiger partial charge in [-0.15, -0.1) is 0 Å². The Morgan fingerprint density at radius 3 is 1.00 bits per heavy atom. The van der Waals surface area contributed by atoms with Gasteiger partial charge in [-0.2, -0.15) is 9.90 Å². The molecule has 0 aliphatic heterocycles.